The molecule has 160 valence electrons. The number of aromatic nitrogens is 2. The van der Waals surface area contributed by atoms with Crippen LogP contribution in [-0.2, 0) is 11.2 Å². The van der Waals surface area contributed by atoms with Crippen LogP contribution in [0.5, 0.6) is 0 Å². The molecule has 3 aromatic rings. The topological polar surface area (TPSA) is 70.2 Å². The number of aromatic amines is 1. The number of aryl methyl sites for hydroxylation is 1. The second-order valence-electron chi connectivity index (χ2n) is 9.18. The molecule has 1 unspecified atom stereocenters. The predicted molar refractivity (Wildman–Crippen MR) is 120 cm³/mol. The molecular formula is C25H28N4O2. The van der Waals surface area contributed by atoms with E-state index in [9.17, 15) is 4.79 Å². The zero-order chi connectivity index (χ0) is 20.8. The van der Waals surface area contributed by atoms with Crippen LogP contribution in [0, 0.1) is 5.92 Å². The van der Waals surface area contributed by atoms with Crippen LogP contribution in [0.3, 0.4) is 0 Å². The lowest BCUT2D eigenvalue weighted by molar-refractivity contribution is -0.0340. The Hall–Kier alpha value is -2.86. The van der Waals surface area contributed by atoms with Crippen molar-refractivity contribution in [2.75, 3.05) is 19.6 Å². The highest BCUT2D eigenvalue weighted by molar-refractivity contribution is 5.93. The van der Waals surface area contributed by atoms with Gasteiger partial charge < -0.3 is 15.0 Å². The molecule has 1 amide bonds. The minimum Gasteiger partial charge on any atom is -0.445 e. The predicted octanol–water partition coefficient (Wildman–Crippen LogP) is 4.43. The molecule has 3 fully saturated rings. The van der Waals surface area contributed by atoms with E-state index in [-0.39, 0.29) is 18.2 Å². The second-order valence-corrected chi connectivity index (χ2v) is 9.18. The van der Waals surface area contributed by atoms with Crippen molar-refractivity contribution in [3.05, 3.63) is 53.9 Å². The number of benzene rings is 1. The van der Waals surface area contributed by atoms with Gasteiger partial charge in [-0.05, 0) is 85.5 Å². The fraction of sp³-hybridized carbons (Fsp3) is 0.440. The van der Waals surface area contributed by atoms with Gasteiger partial charge in [0.05, 0.1) is 6.04 Å². The Morgan fingerprint density at radius 2 is 2.06 bits per heavy atom. The number of hydrogen-bond donors (Lipinski definition) is 2. The number of carbonyl (C=O) groups excluding carboxylic acids is 1. The third kappa shape index (κ3) is 3.49. The van der Waals surface area contributed by atoms with E-state index in [1.54, 1.807) is 0 Å². The molecule has 2 atom stereocenters. The van der Waals surface area contributed by atoms with Crippen LogP contribution in [-0.4, -0.2) is 46.7 Å². The number of fused-ring (bicyclic) bond motifs is 5. The summed E-state index contributed by atoms with van der Waals surface area (Å²) in [4.78, 5) is 22.7. The molecule has 3 saturated heterocycles. The second kappa shape index (κ2) is 7.68. The van der Waals surface area contributed by atoms with Gasteiger partial charge in [0, 0.05) is 24.3 Å². The molecule has 6 nitrogen and oxygen atoms in total. The van der Waals surface area contributed by atoms with Gasteiger partial charge >= 0.3 is 6.09 Å². The molecule has 2 N–H and O–H groups in total. The van der Waals surface area contributed by atoms with Crippen molar-refractivity contribution in [2.24, 2.45) is 5.92 Å². The van der Waals surface area contributed by atoms with E-state index in [4.69, 9.17) is 4.74 Å². The van der Waals surface area contributed by atoms with Gasteiger partial charge in [0.25, 0.3) is 0 Å². The standard InChI is InChI=1S/C25H28N4O2/c30-25(31-23-15-29-12-8-16(23)9-13-29)28-22-3-1-2-17-14-18(4-5-20(17)22)19-6-10-26-24-21(19)7-11-27-24/h4-7,10-11,14,16,22-23H,1-3,8-9,12-13,15H2,(H,26,27)(H,28,30)/t22?,23-/m0/s1. The third-order valence-electron chi connectivity index (χ3n) is 7.38. The summed E-state index contributed by atoms with van der Waals surface area (Å²) in [6.07, 6.45) is 8.93. The molecule has 2 bridgehead atoms. The number of alkyl carbamates (subject to hydrolysis) is 1. The van der Waals surface area contributed by atoms with E-state index in [1.165, 1.54) is 22.3 Å². The summed E-state index contributed by atoms with van der Waals surface area (Å²) in [5.41, 5.74) is 5.83. The van der Waals surface area contributed by atoms with Crippen LogP contribution in [0.25, 0.3) is 22.2 Å². The number of hydrogen-bond acceptors (Lipinski definition) is 4. The molecule has 5 heterocycles. The maximum atomic E-state index is 12.7. The fourth-order valence-corrected chi connectivity index (χ4v) is 5.70. The molecule has 31 heavy (non-hydrogen) atoms. The Bertz CT molecular complexity index is 1120. The van der Waals surface area contributed by atoms with E-state index < -0.39 is 0 Å². The Morgan fingerprint density at radius 3 is 2.90 bits per heavy atom. The molecule has 4 aliphatic rings. The molecule has 2 aromatic heterocycles. The molecule has 1 aliphatic carbocycles. The van der Waals surface area contributed by atoms with Gasteiger partial charge in [-0.1, -0.05) is 18.2 Å². The summed E-state index contributed by atoms with van der Waals surface area (Å²) >= 11 is 0. The zero-order valence-corrected chi connectivity index (χ0v) is 17.6. The number of carbonyl (C=O) groups is 1. The van der Waals surface area contributed by atoms with Crippen molar-refractivity contribution in [2.45, 2.75) is 44.2 Å². The first kappa shape index (κ1) is 18.9. The molecule has 0 saturated carbocycles. The highest BCUT2D eigenvalue weighted by Crippen LogP contribution is 2.35. The van der Waals surface area contributed by atoms with E-state index in [2.05, 4.69) is 50.5 Å². The number of amides is 1. The number of nitrogens with zero attached hydrogens (tertiary/aromatic N) is 2. The highest BCUT2D eigenvalue weighted by atomic mass is 16.6. The lowest BCUT2D eigenvalue weighted by Gasteiger charge is -2.44. The van der Waals surface area contributed by atoms with Gasteiger partial charge in [-0.25, -0.2) is 9.78 Å². The van der Waals surface area contributed by atoms with Crippen LogP contribution in [0.2, 0.25) is 0 Å². The number of nitrogens with one attached hydrogen (secondary N) is 2. The summed E-state index contributed by atoms with van der Waals surface area (Å²) in [5.74, 6) is 0.530. The number of piperidine rings is 3. The molecule has 7 rings (SSSR count). The lowest BCUT2D eigenvalue weighted by Crippen LogP contribution is -2.52. The number of ether oxygens (including phenoxy) is 1. The van der Waals surface area contributed by atoms with Gasteiger partial charge in [0.2, 0.25) is 0 Å². The summed E-state index contributed by atoms with van der Waals surface area (Å²) in [6.45, 7) is 3.19. The monoisotopic (exact) mass is 416 g/mol. The van der Waals surface area contributed by atoms with Crippen LogP contribution in [0.1, 0.15) is 42.9 Å². The molecule has 0 radical (unpaired) electrons. The lowest BCUT2D eigenvalue weighted by atomic mass is 9.85. The van der Waals surface area contributed by atoms with Crippen molar-refractivity contribution in [1.29, 1.82) is 0 Å². The van der Waals surface area contributed by atoms with Crippen molar-refractivity contribution in [3.8, 4) is 11.1 Å². The quantitative estimate of drug-likeness (QED) is 0.663. The van der Waals surface area contributed by atoms with Crippen LogP contribution >= 0.6 is 0 Å². The fourth-order valence-electron chi connectivity index (χ4n) is 5.70. The normalized spacial score (nSPS) is 27.1. The maximum Gasteiger partial charge on any atom is 0.407 e. The number of rotatable bonds is 3. The Labute approximate surface area is 182 Å². The Balaban J connectivity index is 1.20. The van der Waals surface area contributed by atoms with Crippen LogP contribution in [0.15, 0.2) is 42.7 Å². The first-order chi connectivity index (χ1) is 15.2. The van der Waals surface area contributed by atoms with Crippen molar-refractivity contribution in [1.82, 2.24) is 20.2 Å². The van der Waals surface area contributed by atoms with Crippen LogP contribution < -0.4 is 5.32 Å². The van der Waals surface area contributed by atoms with Gasteiger partial charge in [-0.2, -0.15) is 0 Å². The molecular weight excluding hydrogens is 388 g/mol. The SMILES string of the molecule is O=C(NC1CCCc2cc(-c3ccnc4[nH]ccc34)ccc21)O[C@H]1CN2CCC1CC2. The van der Waals surface area contributed by atoms with E-state index in [0.717, 1.165) is 62.8 Å². The average Bonchev–Trinajstić information content (AvgIpc) is 3.29. The smallest absolute Gasteiger partial charge is 0.407 e. The van der Waals surface area contributed by atoms with Gasteiger partial charge in [0.15, 0.2) is 0 Å². The molecule has 0 spiro atoms. The average molecular weight is 417 g/mol. The number of H-pyrrole nitrogens is 1. The zero-order valence-electron chi connectivity index (χ0n) is 17.6. The summed E-state index contributed by atoms with van der Waals surface area (Å²) < 4.78 is 5.87. The van der Waals surface area contributed by atoms with Crippen molar-refractivity contribution >= 4 is 17.1 Å². The largest absolute Gasteiger partial charge is 0.445 e. The van der Waals surface area contributed by atoms with Gasteiger partial charge in [0.1, 0.15) is 11.8 Å². The van der Waals surface area contributed by atoms with Crippen molar-refractivity contribution in [3.63, 3.8) is 0 Å². The molecule has 1 aromatic carbocycles. The summed E-state index contributed by atoms with van der Waals surface area (Å²) in [5, 5.41) is 4.31. The van der Waals surface area contributed by atoms with Gasteiger partial charge in [-0.15, -0.1) is 0 Å². The maximum absolute atomic E-state index is 12.7. The third-order valence-corrected chi connectivity index (χ3v) is 7.38. The highest BCUT2D eigenvalue weighted by Gasteiger charge is 2.37. The summed E-state index contributed by atoms with van der Waals surface area (Å²) in [7, 11) is 0. The first-order valence-corrected chi connectivity index (χ1v) is 11.5. The van der Waals surface area contributed by atoms with E-state index >= 15 is 0 Å². The van der Waals surface area contributed by atoms with Crippen LogP contribution in [0.4, 0.5) is 4.79 Å². The summed E-state index contributed by atoms with van der Waals surface area (Å²) in [6, 6.07) is 10.8. The minimum atomic E-state index is -0.260. The molecule has 6 heteroatoms. The Morgan fingerprint density at radius 1 is 1.16 bits per heavy atom. The van der Waals surface area contributed by atoms with E-state index in [1.807, 2.05) is 12.4 Å². The molecule has 3 aliphatic heterocycles. The van der Waals surface area contributed by atoms with Gasteiger partial charge in [-0.3, -0.25) is 4.90 Å². The Kier molecular flexibility index (Phi) is 4.68. The van der Waals surface area contributed by atoms with Crippen molar-refractivity contribution < 1.29 is 9.53 Å². The van der Waals surface area contributed by atoms with E-state index in [0.29, 0.717) is 5.92 Å². The number of pyridine rings is 1. The minimum absolute atomic E-state index is 0.0242. The first-order valence-electron chi connectivity index (χ1n) is 11.5.